The van der Waals surface area contributed by atoms with Crippen LogP contribution in [-0.2, 0) is 33.2 Å². The van der Waals surface area contributed by atoms with Crippen LogP contribution in [0, 0.1) is 0 Å². The predicted octanol–water partition coefficient (Wildman–Crippen LogP) is 6.40. The summed E-state index contributed by atoms with van der Waals surface area (Å²) in [6.45, 7) is 3.48. The Labute approximate surface area is 378 Å². The van der Waals surface area contributed by atoms with Gasteiger partial charge in [-0.2, -0.15) is 0 Å². The molecular formula is C49H86O14. The average Bonchev–Trinajstić information content (AvgIpc) is 3.28. The average molecular weight is 899 g/mol. The van der Waals surface area contributed by atoms with E-state index < -0.39 is 80.7 Å². The number of carbonyl (C=O) groups is 1. The van der Waals surface area contributed by atoms with Gasteiger partial charge in [0.15, 0.2) is 12.6 Å². The molecule has 0 radical (unpaired) electrons. The van der Waals surface area contributed by atoms with Crippen molar-refractivity contribution in [3.05, 3.63) is 48.6 Å². The minimum Gasteiger partial charge on any atom is -0.457 e. The zero-order valence-corrected chi connectivity index (χ0v) is 38.5. The van der Waals surface area contributed by atoms with E-state index in [9.17, 15) is 40.5 Å². The van der Waals surface area contributed by atoms with Gasteiger partial charge in [0.05, 0.1) is 26.4 Å². The summed E-state index contributed by atoms with van der Waals surface area (Å²) in [5.41, 5.74) is 0. The van der Waals surface area contributed by atoms with Crippen molar-refractivity contribution < 1.29 is 69.0 Å². The molecule has 2 aliphatic heterocycles. The van der Waals surface area contributed by atoms with Crippen LogP contribution in [0.3, 0.4) is 0 Å². The lowest BCUT2D eigenvalue weighted by atomic mass is 9.98. The molecule has 14 heteroatoms. The summed E-state index contributed by atoms with van der Waals surface area (Å²) >= 11 is 0. The molecule has 7 N–H and O–H groups in total. The second-order valence-corrected chi connectivity index (χ2v) is 16.9. The van der Waals surface area contributed by atoms with Crippen LogP contribution in [0.15, 0.2) is 48.6 Å². The van der Waals surface area contributed by atoms with Gasteiger partial charge in [-0.1, -0.05) is 146 Å². The lowest BCUT2D eigenvalue weighted by Crippen LogP contribution is -2.61. The van der Waals surface area contributed by atoms with Crippen LogP contribution in [0.2, 0.25) is 0 Å². The fourth-order valence-corrected chi connectivity index (χ4v) is 7.39. The Morgan fingerprint density at radius 1 is 0.540 bits per heavy atom. The molecule has 2 saturated heterocycles. The van der Waals surface area contributed by atoms with Crippen molar-refractivity contribution in [2.45, 2.75) is 223 Å². The molecule has 14 nitrogen and oxygen atoms in total. The first-order chi connectivity index (χ1) is 30.6. The van der Waals surface area contributed by atoms with Gasteiger partial charge < -0.3 is 64.2 Å². The molecule has 366 valence electrons. The minimum absolute atomic E-state index is 0.0405. The number of aliphatic hydroxyl groups excluding tert-OH is 7. The third kappa shape index (κ3) is 25.4. The van der Waals surface area contributed by atoms with Crippen molar-refractivity contribution in [1.82, 2.24) is 0 Å². The zero-order chi connectivity index (χ0) is 45.9. The van der Waals surface area contributed by atoms with Crippen LogP contribution in [0.5, 0.6) is 0 Å². The van der Waals surface area contributed by atoms with Gasteiger partial charge in [0.25, 0.3) is 0 Å². The summed E-state index contributed by atoms with van der Waals surface area (Å²) in [5.74, 6) is -0.389. The van der Waals surface area contributed by atoms with E-state index in [-0.39, 0.29) is 25.6 Å². The molecule has 11 atom stereocenters. The Balaban J connectivity index is 1.81. The van der Waals surface area contributed by atoms with E-state index in [0.29, 0.717) is 13.0 Å². The van der Waals surface area contributed by atoms with Gasteiger partial charge in [-0.15, -0.1) is 0 Å². The summed E-state index contributed by atoms with van der Waals surface area (Å²) in [6.07, 6.45) is 24.6. The molecule has 2 rings (SSSR count). The van der Waals surface area contributed by atoms with Crippen molar-refractivity contribution in [1.29, 1.82) is 0 Å². The molecule has 2 fully saturated rings. The van der Waals surface area contributed by atoms with E-state index >= 15 is 0 Å². The van der Waals surface area contributed by atoms with Crippen LogP contribution < -0.4 is 0 Å². The molecule has 63 heavy (non-hydrogen) atoms. The maximum atomic E-state index is 13.0. The highest BCUT2D eigenvalue weighted by molar-refractivity contribution is 5.69. The van der Waals surface area contributed by atoms with E-state index in [1.807, 2.05) is 0 Å². The largest absolute Gasteiger partial charge is 0.457 e. The SMILES string of the molecule is CC/C=C\C/C=C\C/C=C\C/C=C\CCCCCOCC(COC1OC(COC2OC(CO)C(O)C(O)C2O)C(O)C(O)C1O)OC(=O)CCCCCCCCCCCCCCC. The number of allylic oxidation sites excluding steroid dienone is 8. The highest BCUT2D eigenvalue weighted by atomic mass is 16.7. The maximum Gasteiger partial charge on any atom is 0.306 e. The van der Waals surface area contributed by atoms with Crippen molar-refractivity contribution >= 4 is 5.97 Å². The first-order valence-corrected chi connectivity index (χ1v) is 24.2. The second-order valence-electron chi connectivity index (χ2n) is 16.9. The molecule has 2 heterocycles. The Hall–Kier alpha value is -2.05. The molecule has 0 bridgehead atoms. The fourth-order valence-electron chi connectivity index (χ4n) is 7.39. The number of hydrogen-bond donors (Lipinski definition) is 7. The molecule has 0 aliphatic carbocycles. The van der Waals surface area contributed by atoms with Gasteiger partial charge in [-0.3, -0.25) is 4.79 Å². The number of carbonyl (C=O) groups excluding carboxylic acids is 1. The molecule has 2 aliphatic rings. The van der Waals surface area contributed by atoms with Crippen LogP contribution >= 0.6 is 0 Å². The van der Waals surface area contributed by atoms with Crippen molar-refractivity contribution in [3.63, 3.8) is 0 Å². The van der Waals surface area contributed by atoms with Crippen LogP contribution in [0.1, 0.15) is 155 Å². The molecule has 0 aromatic carbocycles. The van der Waals surface area contributed by atoms with Crippen molar-refractivity contribution in [3.8, 4) is 0 Å². The Kier molecular flexibility index (Phi) is 33.6. The molecule has 0 saturated carbocycles. The fraction of sp³-hybridized carbons (Fsp3) is 0.816. The van der Waals surface area contributed by atoms with E-state index in [2.05, 4.69) is 62.5 Å². The number of ether oxygens (including phenoxy) is 6. The van der Waals surface area contributed by atoms with Crippen LogP contribution in [0.25, 0.3) is 0 Å². The van der Waals surface area contributed by atoms with Crippen LogP contribution in [0.4, 0.5) is 0 Å². The van der Waals surface area contributed by atoms with Gasteiger partial charge >= 0.3 is 5.97 Å². The molecule has 0 spiro atoms. The highest BCUT2D eigenvalue weighted by Gasteiger charge is 2.47. The van der Waals surface area contributed by atoms with Gasteiger partial charge in [0.1, 0.15) is 54.9 Å². The summed E-state index contributed by atoms with van der Waals surface area (Å²) in [7, 11) is 0. The Bertz CT molecular complexity index is 1230. The molecule has 0 aromatic rings. The second kappa shape index (κ2) is 37.1. The summed E-state index contributed by atoms with van der Waals surface area (Å²) in [4.78, 5) is 13.0. The summed E-state index contributed by atoms with van der Waals surface area (Å²) < 4.78 is 34.2. The van der Waals surface area contributed by atoms with E-state index in [4.69, 9.17) is 28.4 Å². The van der Waals surface area contributed by atoms with E-state index in [0.717, 1.165) is 70.6 Å². The summed E-state index contributed by atoms with van der Waals surface area (Å²) in [6, 6.07) is 0. The van der Waals surface area contributed by atoms with Gasteiger partial charge in [-0.05, 0) is 51.4 Å². The number of aliphatic hydroxyl groups is 7. The van der Waals surface area contributed by atoms with Crippen molar-refractivity contribution in [2.75, 3.05) is 33.0 Å². The summed E-state index contributed by atoms with van der Waals surface area (Å²) in [5, 5.41) is 72.0. The lowest BCUT2D eigenvalue weighted by Gasteiger charge is -2.42. The lowest BCUT2D eigenvalue weighted by molar-refractivity contribution is -0.332. The number of unbranched alkanes of at least 4 members (excludes halogenated alkanes) is 15. The standard InChI is InChI=1S/C49H86O14/c1-3-5-7-9-11-13-15-17-18-19-21-23-25-27-29-31-33-58-35-38(61-41(51)32-30-28-26-24-22-20-16-14-12-10-8-6-4-2)36-59-48-47(57)45(55)43(53)40(63-48)37-60-49-46(56)44(54)42(52)39(34-50)62-49/h5,7,11,13,17-18,21,23,38-40,42-50,52-57H,3-4,6,8-10,12,14-16,19-20,22,24-37H2,1-2H3/b7-5-,13-11-,18-17-,23-21-. The van der Waals surface area contributed by atoms with Crippen LogP contribution in [-0.4, -0.2) is 142 Å². The van der Waals surface area contributed by atoms with Gasteiger partial charge in [-0.25, -0.2) is 0 Å². The maximum absolute atomic E-state index is 13.0. The van der Waals surface area contributed by atoms with E-state index in [1.54, 1.807) is 0 Å². The number of rotatable bonds is 37. The predicted molar refractivity (Wildman–Crippen MR) is 243 cm³/mol. The van der Waals surface area contributed by atoms with E-state index in [1.165, 1.54) is 57.8 Å². The molecule has 11 unspecified atom stereocenters. The monoisotopic (exact) mass is 899 g/mol. The first-order valence-electron chi connectivity index (χ1n) is 24.2. The minimum atomic E-state index is -1.71. The van der Waals surface area contributed by atoms with Gasteiger partial charge in [0, 0.05) is 13.0 Å². The third-order valence-corrected chi connectivity index (χ3v) is 11.4. The first kappa shape index (κ1) is 57.1. The molecular weight excluding hydrogens is 813 g/mol. The third-order valence-electron chi connectivity index (χ3n) is 11.4. The number of hydrogen-bond acceptors (Lipinski definition) is 14. The van der Waals surface area contributed by atoms with Gasteiger partial charge in [0.2, 0.25) is 0 Å². The normalized spacial score (nSPS) is 27.4. The quantitative estimate of drug-likeness (QED) is 0.0204. The highest BCUT2D eigenvalue weighted by Crippen LogP contribution is 2.26. The van der Waals surface area contributed by atoms with Crippen molar-refractivity contribution in [2.24, 2.45) is 0 Å². The molecule has 0 amide bonds. The molecule has 0 aromatic heterocycles. The number of esters is 1. The Morgan fingerprint density at radius 3 is 1.60 bits per heavy atom. The Morgan fingerprint density at radius 2 is 1.03 bits per heavy atom. The smallest absolute Gasteiger partial charge is 0.306 e. The topological polar surface area (TPSA) is 214 Å². The zero-order valence-electron chi connectivity index (χ0n) is 38.5.